The molecule has 1 aromatic rings. The number of likely N-dealkylation sites (tertiary alicyclic amines) is 1. The van der Waals surface area contributed by atoms with Crippen molar-refractivity contribution in [2.24, 2.45) is 5.41 Å². The van der Waals surface area contributed by atoms with Gasteiger partial charge < -0.3 is 14.5 Å². The smallest absolute Gasteiger partial charge is 0.311 e. The average molecular weight is 292 g/mol. The van der Waals surface area contributed by atoms with E-state index in [1.54, 1.807) is 11.0 Å². The third-order valence-electron chi connectivity index (χ3n) is 4.55. The molecule has 0 bridgehead atoms. The summed E-state index contributed by atoms with van der Waals surface area (Å²) in [5, 5.41) is 13.3. The van der Waals surface area contributed by atoms with Crippen molar-refractivity contribution in [3.8, 4) is 0 Å². The van der Waals surface area contributed by atoms with E-state index < -0.39 is 11.4 Å². The molecule has 1 saturated heterocycles. The molecule has 3 rings (SSSR count). The Hall–Kier alpha value is -1.85. The summed E-state index contributed by atoms with van der Waals surface area (Å²) in [5.74, 6) is 0.162. The molecular formula is C15H20N2O4. The molecule has 6 nitrogen and oxygen atoms in total. The van der Waals surface area contributed by atoms with Crippen LogP contribution in [0.1, 0.15) is 61.2 Å². The SMILES string of the molecule is CCCC1(C(=O)O)CCN(C(=O)c2cc(C3CC3)on2)C1. The molecule has 2 heterocycles. The van der Waals surface area contributed by atoms with E-state index in [1.165, 1.54) is 0 Å². The predicted molar refractivity (Wildman–Crippen MR) is 74.0 cm³/mol. The first kappa shape index (κ1) is 14.1. The van der Waals surface area contributed by atoms with Crippen LogP contribution in [0.15, 0.2) is 10.6 Å². The van der Waals surface area contributed by atoms with Crippen molar-refractivity contribution in [1.82, 2.24) is 10.1 Å². The van der Waals surface area contributed by atoms with E-state index in [2.05, 4.69) is 5.16 Å². The zero-order chi connectivity index (χ0) is 15.0. The summed E-state index contributed by atoms with van der Waals surface area (Å²) in [5.41, 5.74) is -0.498. The van der Waals surface area contributed by atoms with Gasteiger partial charge in [-0.1, -0.05) is 18.5 Å². The van der Waals surface area contributed by atoms with Crippen molar-refractivity contribution in [3.63, 3.8) is 0 Å². The molecule has 0 aromatic carbocycles. The van der Waals surface area contributed by atoms with E-state index in [9.17, 15) is 14.7 Å². The van der Waals surface area contributed by atoms with E-state index in [1.807, 2.05) is 6.92 Å². The Morgan fingerprint density at radius 2 is 2.29 bits per heavy atom. The van der Waals surface area contributed by atoms with Gasteiger partial charge in [0.15, 0.2) is 5.69 Å². The van der Waals surface area contributed by atoms with E-state index in [0.29, 0.717) is 31.0 Å². The number of aliphatic carboxylic acids is 1. The maximum absolute atomic E-state index is 12.4. The van der Waals surface area contributed by atoms with E-state index in [0.717, 1.165) is 25.0 Å². The maximum atomic E-state index is 12.4. The molecule has 0 radical (unpaired) electrons. The Labute approximate surface area is 123 Å². The second-order valence-electron chi connectivity index (χ2n) is 6.20. The van der Waals surface area contributed by atoms with Gasteiger partial charge in [0, 0.05) is 25.1 Å². The third kappa shape index (κ3) is 2.54. The van der Waals surface area contributed by atoms with Crippen LogP contribution in [0.25, 0.3) is 0 Å². The lowest BCUT2D eigenvalue weighted by atomic mass is 9.83. The molecule has 21 heavy (non-hydrogen) atoms. The molecule has 1 aromatic heterocycles. The van der Waals surface area contributed by atoms with Crippen LogP contribution in [0.4, 0.5) is 0 Å². The van der Waals surface area contributed by atoms with Crippen LogP contribution in [0.5, 0.6) is 0 Å². The van der Waals surface area contributed by atoms with Crippen LogP contribution < -0.4 is 0 Å². The Morgan fingerprint density at radius 3 is 2.90 bits per heavy atom. The number of carboxylic acid groups (broad SMARTS) is 1. The first-order chi connectivity index (χ1) is 10.1. The molecule has 1 amide bonds. The summed E-state index contributed by atoms with van der Waals surface area (Å²) < 4.78 is 5.20. The normalized spacial score (nSPS) is 25.3. The van der Waals surface area contributed by atoms with E-state index in [4.69, 9.17) is 4.52 Å². The topological polar surface area (TPSA) is 83.6 Å². The number of hydrogen-bond donors (Lipinski definition) is 1. The lowest BCUT2D eigenvalue weighted by Crippen LogP contribution is -2.37. The molecular weight excluding hydrogens is 272 g/mol. The molecule has 1 unspecified atom stereocenters. The molecule has 2 fully saturated rings. The van der Waals surface area contributed by atoms with E-state index in [-0.39, 0.29) is 12.5 Å². The highest BCUT2D eigenvalue weighted by Gasteiger charge is 2.46. The predicted octanol–water partition coefficient (Wildman–Crippen LogP) is 2.27. The van der Waals surface area contributed by atoms with Gasteiger partial charge in [-0.3, -0.25) is 9.59 Å². The molecule has 1 atom stereocenters. The minimum atomic E-state index is -0.807. The van der Waals surface area contributed by atoms with Gasteiger partial charge in [-0.2, -0.15) is 0 Å². The number of aromatic nitrogens is 1. The average Bonchev–Trinajstić information content (AvgIpc) is 3.03. The molecule has 6 heteroatoms. The number of amides is 1. The van der Waals surface area contributed by atoms with Crippen LogP contribution in [0, 0.1) is 5.41 Å². The van der Waals surface area contributed by atoms with Gasteiger partial charge in [0.2, 0.25) is 0 Å². The number of rotatable bonds is 5. The summed E-state index contributed by atoms with van der Waals surface area (Å²) >= 11 is 0. The fourth-order valence-electron chi connectivity index (χ4n) is 3.12. The number of carboxylic acids is 1. The highest BCUT2D eigenvalue weighted by Crippen LogP contribution is 2.40. The molecule has 114 valence electrons. The van der Waals surface area contributed by atoms with Gasteiger partial charge in [-0.05, 0) is 25.7 Å². The Balaban J connectivity index is 1.72. The molecule has 1 aliphatic heterocycles. The van der Waals surface area contributed by atoms with Crippen molar-refractivity contribution >= 4 is 11.9 Å². The van der Waals surface area contributed by atoms with Crippen molar-refractivity contribution in [2.45, 2.75) is 44.9 Å². The monoisotopic (exact) mass is 292 g/mol. The van der Waals surface area contributed by atoms with Gasteiger partial charge in [0.25, 0.3) is 5.91 Å². The molecule has 0 spiro atoms. The highest BCUT2D eigenvalue weighted by molar-refractivity contribution is 5.93. The fraction of sp³-hybridized carbons (Fsp3) is 0.667. The molecule has 1 N–H and O–H groups in total. The Kier molecular flexibility index (Phi) is 3.47. The number of carbonyl (C=O) groups excluding carboxylic acids is 1. The van der Waals surface area contributed by atoms with Gasteiger partial charge >= 0.3 is 5.97 Å². The molecule has 1 aliphatic carbocycles. The number of nitrogens with zero attached hydrogens (tertiary/aromatic N) is 2. The van der Waals surface area contributed by atoms with Crippen molar-refractivity contribution < 1.29 is 19.2 Å². The highest BCUT2D eigenvalue weighted by atomic mass is 16.5. The minimum Gasteiger partial charge on any atom is -0.481 e. The number of carbonyl (C=O) groups is 2. The Morgan fingerprint density at radius 1 is 1.52 bits per heavy atom. The van der Waals surface area contributed by atoms with Crippen molar-refractivity contribution in [3.05, 3.63) is 17.5 Å². The summed E-state index contributed by atoms with van der Waals surface area (Å²) in [6.07, 6.45) is 4.08. The maximum Gasteiger partial charge on any atom is 0.311 e. The fourth-order valence-corrected chi connectivity index (χ4v) is 3.12. The van der Waals surface area contributed by atoms with Crippen LogP contribution in [-0.4, -0.2) is 40.1 Å². The van der Waals surface area contributed by atoms with Crippen molar-refractivity contribution in [2.75, 3.05) is 13.1 Å². The second kappa shape index (κ2) is 5.16. The van der Waals surface area contributed by atoms with Crippen LogP contribution in [0.3, 0.4) is 0 Å². The minimum absolute atomic E-state index is 0.218. The third-order valence-corrected chi connectivity index (χ3v) is 4.55. The Bertz CT molecular complexity index is 564. The zero-order valence-electron chi connectivity index (χ0n) is 12.2. The van der Waals surface area contributed by atoms with Gasteiger partial charge in [-0.25, -0.2) is 0 Å². The second-order valence-corrected chi connectivity index (χ2v) is 6.20. The largest absolute Gasteiger partial charge is 0.481 e. The first-order valence-corrected chi connectivity index (χ1v) is 7.55. The van der Waals surface area contributed by atoms with Crippen LogP contribution in [-0.2, 0) is 4.79 Å². The first-order valence-electron chi connectivity index (χ1n) is 7.55. The van der Waals surface area contributed by atoms with Gasteiger partial charge in [0.1, 0.15) is 5.76 Å². The lowest BCUT2D eigenvalue weighted by molar-refractivity contribution is -0.148. The zero-order valence-corrected chi connectivity index (χ0v) is 12.2. The van der Waals surface area contributed by atoms with Gasteiger partial charge in [-0.15, -0.1) is 0 Å². The summed E-state index contributed by atoms with van der Waals surface area (Å²) in [6.45, 7) is 2.70. The van der Waals surface area contributed by atoms with Crippen LogP contribution in [0.2, 0.25) is 0 Å². The lowest BCUT2D eigenvalue weighted by Gasteiger charge is -2.23. The number of hydrogen-bond acceptors (Lipinski definition) is 4. The molecule has 2 aliphatic rings. The standard InChI is InChI=1S/C15H20N2O4/c1-2-5-15(14(19)20)6-7-17(9-15)13(18)11-8-12(21-16-11)10-3-4-10/h8,10H,2-7,9H2,1H3,(H,19,20). The summed E-state index contributed by atoms with van der Waals surface area (Å²) in [6, 6.07) is 1.71. The van der Waals surface area contributed by atoms with Gasteiger partial charge in [0.05, 0.1) is 5.41 Å². The van der Waals surface area contributed by atoms with Crippen LogP contribution >= 0.6 is 0 Å². The summed E-state index contributed by atoms with van der Waals surface area (Å²) in [7, 11) is 0. The summed E-state index contributed by atoms with van der Waals surface area (Å²) in [4.78, 5) is 25.6. The van der Waals surface area contributed by atoms with Crippen molar-refractivity contribution in [1.29, 1.82) is 0 Å². The quantitative estimate of drug-likeness (QED) is 0.900. The molecule has 1 saturated carbocycles. The van der Waals surface area contributed by atoms with E-state index >= 15 is 0 Å².